The molecular weight excluding hydrogens is 236 g/mol. The minimum Gasteiger partial charge on any atom is -0.497 e. The maximum absolute atomic E-state index is 5.30. The topological polar surface area (TPSA) is 24.5 Å². The van der Waals surface area contributed by atoms with Gasteiger partial charge >= 0.3 is 0 Å². The molecule has 0 aliphatic carbocycles. The van der Waals surface area contributed by atoms with Crippen molar-refractivity contribution in [1.29, 1.82) is 0 Å². The number of benzene rings is 1. The molecule has 106 valence electrons. The third-order valence-corrected chi connectivity index (χ3v) is 3.92. The Morgan fingerprint density at radius 1 is 1.21 bits per heavy atom. The normalized spacial score (nSPS) is 16.5. The largest absolute Gasteiger partial charge is 0.497 e. The lowest BCUT2D eigenvalue weighted by Crippen LogP contribution is -2.43. The second-order valence-electron chi connectivity index (χ2n) is 5.18. The van der Waals surface area contributed by atoms with Crippen molar-refractivity contribution in [3.8, 4) is 5.75 Å². The zero-order chi connectivity index (χ0) is 13.5. The van der Waals surface area contributed by atoms with E-state index < -0.39 is 0 Å². The first-order chi connectivity index (χ1) is 9.33. The van der Waals surface area contributed by atoms with E-state index in [1.54, 1.807) is 7.11 Å². The second-order valence-corrected chi connectivity index (χ2v) is 5.18. The highest BCUT2D eigenvalue weighted by Gasteiger charge is 2.09. The average molecular weight is 262 g/mol. The molecule has 1 heterocycles. The van der Waals surface area contributed by atoms with E-state index in [9.17, 15) is 0 Å². The van der Waals surface area contributed by atoms with E-state index in [1.165, 1.54) is 43.6 Å². The zero-order valence-corrected chi connectivity index (χ0v) is 12.2. The van der Waals surface area contributed by atoms with Crippen LogP contribution in [0.4, 0.5) is 0 Å². The van der Waals surface area contributed by atoms with Gasteiger partial charge < -0.3 is 15.0 Å². The predicted molar refractivity (Wildman–Crippen MR) is 80.0 cm³/mol. The van der Waals surface area contributed by atoms with Crippen molar-refractivity contribution >= 4 is 0 Å². The molecule has 1 aromatic carbocycles. The van der Waals surface area contributed by atoms with Gasteiger partial charge in [-0.05, 0) is 49.1 Å². The number of hydrogen-bond acceptors (Lipinski definition) is 3. The molecule has 1 N–H and O–H groups in total. The fourth-order valence-electron chi connectivity index (χ4n) is 2.73. The Labute approximate surface area is 116 Å². The van der Waals surface area contributed by atoms with Crippen molar-refractivity contribution in [2.75, 3.05) is 39.8 Å². The van der Waals surface area contributed by atoms with Crippen molar-refractivity contribution in [1.82, 2.24) is 10.2 Å². The molecule has 0 amide bonds. The van der Waals surface area contributed by atoms with Crippen molar-refractivity contribution in [3.05, 3.63) is 29.3 Å². The SMILES string of the molecule is CCc1cc(OC)ccc1CCCN1CCNCC1. The molecule has 3 heteroatoms. The van der Waals surface area contributed by atoms with Gasteiger partial charge in [0.05, 0.1) is 7.11 Å². The van der Waals surface area contributed by atoms with Crippen LogP contribution in [-0.2, 0) is 12.8 Å². The number of rotatable bonds is 6. The van der Waals surface area contributed by atoms with Crippen molar-refractivity contribution in [2.45, 2.75) is 26.2 Å². The monoisotopic (exact) mass is 262 g/mol. The molecule has 0 unspecified atom stereocenters. The summed E-state index contributed by atoms with van der Waals surface area (Å²) >= 11 is 0. The lowest BCUT2D eigenvalue weighted by Gasteiger charge is -2.27. The van der Waals surface area contributed by atoms with Gasteiger partial charge in [-0.2, -0.15) is 0 Å². The van der Waals surface area contributed by atoms with E-state index in [1.807, 2.05) is 0 Å². The highest BCUT2D eigenvalue weighted by molar-refractivity contribution is 5.35. The maximum atomic E-state index is 5.30. The van der Waals surface area contributed by atoms with Crippen LogP contribution >= 0.6 is 0 Å². The van der Waals surface area contributed by atoms with E-state index in [4.69, 9.17) is 4.74 Å². The van der Waals surface area contributed by atoms with Crippen LogP contribution in [0.5, 0.6) is 5.75 Å². The van der Waals surface area contributed by atoms with Gasteiger partial charge in [0.2, 0.25) is 0 Å². The summed E-state index contributed by atoms with van der Waals surface area (Å²) in [7, 11) is 1.73. The molecule has 1 aliphatic rings. The first-order valence-electron chi connectivity index (χ1n) is 7.42. The van der Waals surface area contributed by atoms with Crippen molar-refractivity contribution < 1.29 is 4.74 Å². The van der Waals surface area contributed by atoms with Gasteiger partial charge in [-0.1, -0.05) is 13.0 Å². The summed E-state index contributed by atoms with van der Waals surface area (Å²) in [5.74, 6) is 0.975. The molecule has 0 radical (unpaired) electrons. The van der Waals surface area contributed by atoms with Gasteiger partial charge in [-0.15, -0.1) is 0 Å². The summed E-state index contributed by atoms with van der Waals surface area (Å²) in [5.41, 5.74) is 2.91. The molecule has 1 aromatic rings. The van der Waals surface area contributed by atoms with E-state index in [2.05, 4.69) is 35.3 Å². The molecule has 3 nitrogen and oxygen atoms in total. The molecule has 2 rings (SSSR count). The van der Waals surface area contributed by atoms with Crippen LogP contribution in [0.3, 0.4) is 0 Å². The first-order valence-corrected chi connectivity index (χ1v) is 7.42. The van der Waals surface area contributed by atoms with Gasteiger partial charge in [-0.25, -0.2) is 0 Å². The zero-order valence-electron chi connectivity index (χ0n) is 12.2. The Morgan fingerprint density at radius 3 is 2.68 bits per heavy atom. The van der Waals surface area contributed by atoms with Crippen LogP contribution in [0.15, 0.2) is 18.2 Å². The van der Waals surface area contributed by atoms with E-state index in [0.29, 0.717) is 0 Å². The average Bonchev–Trinajstić information content (AvgIpc) is 2.48. The summed E-state index contributed by atoms with van der Waals surface area (Å²) in [6.07, 6.45) is 3.51. The minimum absolute atomic E-state index is 0.975. The number of ether oxygens (including phenoxy) is 1. The molecule has 0 aromatic heterocycles. The van der Waals surface area contributed by atoms with E-state index in [-0.39, 0.29) is 0 Å². The Hall–Kier alpha value is -1.06. The van der Waals surface area contributed by atoms with Gasteiger partial charge in [0.25, 0.3) is 0 Å². The number of aryl methyl sites for hydroxylation is 2. The molecule has 1 aliphatic heterocycles. The number of methoxy groups -OCH3 is 1. The van der Waals surface area contributed by atoms with Gasteiger partial charge in [-0.3, -0.25) is 0 Å². The third-order valence-electron chi connectivity index (χ3n) is 3.92. The van der Waals surface area contributed by atoms with Crippen LogP contribution in [0.2, 0.25) is 0 Å². The second kappa shape index (κ2) is 7.51. The molecule has 19 heavy (non-hydrogen) atoms. The molecule has 0 bridgehead atoms. The lowest BCUT2D eigenvalue weighted by atomic mass is 10.0. The highest BCUT2D eigenvalue weighted by Crippen LogP contribution is 2.19. The van der Waals surface area contributed by atoms with Crippen LogP contribution in [0.25, 0.3) is 0 Å². The summed E-state index contributed by atoms with van der Waals surface area (Å²) in [6, 6.07) is 6.49. The van der Waals surface area contributed by atoms with Crippen LogP contribution in [0, 0.1) is 0 Å². The Kier molecular flexibility index (Phi) is 5.67. The van der Waals surface area contributed by atoms with Crippen LogP contribution in [-0.4, -0.2) is 44.7 Å². The first kappa shape index (κ1) is 14.4. The maximum Gasteiger partial charge on any atom is 0.119 e. The van der Waals surface area contributed by atoms with Crippen LogP contribution in [0.1, 0.15) is 24.5 Å². The number of nitrogens with zero attached hydrogens (tertiary/aromatic N) is 1. The van der Waals surface area contributed by atoms with Crippen molar-refractivity contribution in [3.63, 3.8) is 0 Å². The third kappa shape index (κ3) is 4.22. The molecular formula is C16H26N2O. The number of hydrogen-bond donors (Lipinski definition) is 1. The summed E-state index contributed by atoms with van der Waals surface area (Å²) < 4.78 is 5.30. The number of piperazine rings is 1. The highest BCUT2D eigenvalue weighted by atomic mass is 16.5. The Morgan fingerprint density at radius 2 is 2.00 bits per heavy atom. The summed E-state index contributed by atoms with van der Waals surface area (Å²) in [5, 5.41) is 3.40. The summed E-state index contributed by atoms with van der Waals surface area (Å²) in [6.45, 7) is 8.11. The molecule has 0 atom stereocenters. The molecule has 1 saturated heterocycles. The standard InChI is InChI=1S/C16H26N2O/c1-3-14-13-16(19-2)7-6-15(14)5-4-10-18-11-8-17-9-12-18/h6-7,13,17H,3-5,8-12H2,1-2H3. The quantitative estimate of drug-likeness (QED) is 0.849. The fourth-order valence-corrected chi connectivity index (χ4v) is 2.73. The van der Waals surface area contributed by atoms with Gasteiger partial charge in [0.1, 0.15) is 5.75 Å². The van der Waals surface area contributed by atoms with Crippen LogP contribution < -0.4 is 10.1 Å². The van der Waals surface area contributed by atoms with Gasteiger partial charge in [0, 0.05) is 26.2 Å². The fraction of sp³-hybridized carbons (Fsp3) is 0.625. The van der Waals surface area contributed by atoms with E-state index >= 15 is 0 Å². The van der Waals surface area contributed by atoms with Gasteiger partial charge in [0.15, 0.2) is 0 Å². The van der Waals surface area contributed by atoms with E-state index in [0.717, 1.165) is 25.3 Å². The van der Waals surface area contributed by atoms with Crippen molar-refractivity contribution in [2.24, 2.45) is 0 Å². The molecule has 0 spiro atoms. The smallest absolute Gasteiger partial charge is 0.119 e. The predicted octanol–water partition coefficient (Wildman–Crippen LogP) is 2.10. The number of nitrogens with one attached hydrogen (secondary N) is 1. The lowest BCUT2D eigenvalue weighted by molar-refractivity contribution is 0.238. The Bertz CT molecular complexity index is 386. The minimum atomic E-state index is 0.975. The summed E-state index contributed by atoms with van der Waals surface area (Å²) in [4.78, 5) is 2.56. The molecule has 1 fully saturated rings. The molecule has 0 saturated carbocycles. The Balaban J connectivity index is 1.84.